The van der Waals surface area contributed by atoms with E-state index in [0.717, 1.165) is 16.0 Å². The van der Waals surface area contributed by atoms with E-state index in [1.54, 1.807) is 30.3 Å². The fraction of sp³-hybridized carbons (Fsp3) is 0.148. The van der Waals surface area contributed by atoms with Crippen LogP contribution in [0.3, 0.4) is 0 Å². The molecule has 0 bridgehead atoms. The number of carbonyl (C=O) groups is 3. The molecule has 3 aromatic rings. The molecule has 0 unspecified atom stereocenters. The molecule has 0 radical (unpaired) electrons. The van der Waals surface area contributed by atoms with Crippen LogP contribution in [0.15, 0.2) is 85.1 Å². The molecular formula is C27H19FN2O3. The van der Waals surface area contributed by atoms with Crippen LogP contribution in [0.4, 0.5) is 10.1 Å². The molecule has 0 saturated carbocycles. The SMILES string of the molecule is O=C(c1ccccc1)[C@H]1[C@H]2C(=O)N(c3ccccc3F)C(=O)[C@H]2[C@@H]2c3ccccc3C=CN12. The second kappa shape index (κ2) is 7.24. The molecule has 3 aliphatic heterocycles. The van der Waals surface area contributed by atoms with E-state index in [1.165, 1.54) is 18.2 Å². The second-order valence-corrected chi connectivity index (χ2v) is 8.53. The Balaban J connectivity index is 1.52. The number of hydrogen-bond acceptors (Lipinski definition) is 4. The molecule has 2 saturated heterocycles. The number of imide groups is 1. The van der Waals surface area contributed by atoms with Gasteiger partial charge in [0.05, 0.1) is 23.6 Å². The van der Waals surface area contributed by atoms with Crippen LogP contribution in [-0.2, 0) is 9.59 Å². The summed E-state index contributed by atoms with van der Waals surface area (Å²) in [4.78, 5) is 43.9. The van der Waals surface area contributed by atoms with Crippen LogP contribution in [0.5, 0.6) is 0 Å². The third kappa shape index (κ3) is 2.73. The molecule has 5 nitrogen and oxygen atoms in total. The summed E-state index contributed by atoms with van der Waals surface area (Å²) in [6, 6.07) is 20.8. The van der Waals surface area contributed by atoms with E-state index in [1.807, 2.05) is 47.5 Å². The van der Waals surface area contributed by atoms with Crippen molar-refractivity contribution < 1.29 is 18.8 Å². The Kier molecular flexibility index (Phi) is 4.30. The van der Waals surface area contributed by atoms with Crippen molar-refractivity contribution in [3.8, 4) is 0 Å². The molecule has 0 N–H and O–H groups in total. The van der Waals surface area contributed by atoms with E-state index in [9.17, 15) is 18.8 Å². The van der Waals surface area contributed by atoms with Gasteiger partial charge in [-0.25, -0.2) is 9.29 Å². The summed E-state index contributed by atoms with van der Waals surface area (Å²) in [5.41, 5.74) is 2.22. The summed E-state index contributed by atoms with van der Waals surface area (Å²) in [5.74, 6) is -3.59. The lowest BCUT2D eigenvalue weighted by molar-refractivity contribution is -0.123. The highest BCUT2D eigenvalue weighted by Gasteiger charge is 2.64. The first kappa shape index (κ1) is 19.6. The number of carbonyl (C=O) groups excluding carboxylic acids is 3. The number of nitrogens with zero attached hydrogens (tertiary/aromatic N) is 2. The second-order valence-electron chi connectivity index (χ2n) is 8.53. The van der Waals surface area contributed by atoms with Gasteiger partial charge in [-0.15, -0.1) is 0 Å². The highest BCUT2D eigenvalue weighted by atomic mass is 19.1. The van der Waals surface area contributed by atoms with E-state index in [-0.39, 0.29) is 11.5 Å². The van der Waals surface area contributed by atoms with Crippen LogP contribution in [0.2, 0.25) is 0 Å². The lowest BCUT2D eigenvalue weighted by Gasteiger charge is -2.35. The van der Waals surface area contributed by atoms with Gasteiger partial charge in [-0.3, -0.25) is 14.4 Å². The Morgan fingerprint density at radius 1 is 0.788 bits per heavy atom. The Morgan fingerprint density at radius 3 is 2.24 bits per heavy atom. The van der Waals surface area contributed by atoms with Gasteiger partial charge >= 0.3 is 0 Å². The number of benzene rings is 3. The highest BCUT2D eigenvalue weighted by molar-refractivity contribution is 6.24. The quantitative estimate of drug-likeness (QED) is 0.454. The summed E-state index contributed by atoms with van der Waals surface area (Å²) in [5, 5.41) is 0. The van der Waals surface area contributed by atoms with Crippen LogP contribution in [-0.4, -0.2) is 28.5 Å². The predicted molar refractivity (Wildman–Crippen MR) is 120 cm³/mol. The molecule has 162 valence electrons. The van der Waals surface area contributed by atoms with Crippen molar-refractivity contribution in [1.82, 2.24) is 4.90 Å². The zero-order valence-electron chi connectivity index (χ0n) is 17.5. The van der Waals surface area contributed by atoms with Crippen molar-refractivity contribution in [2.24, 2.45) is 11.8 Å². The average Bonchev–Trinajstić information content (AvgIpc) is 3.32. The standard InChI is InChI=1S/C27H19FN2O3/c28-19-12-6-7-13-20(19)30-26(32)21-22(27(30)33)24(25(31)17-9-2-1-3-10-17)29-15-14-16-8-4-5-11-18(16)23(21)29/h1-15,21-24H/t21-,22+,23+,24-/m1/s1. The number of halogens is 1. The van der Waals surface area contributed by atoms with Crippen molar-refractivity contribution in [3.63, 3.8) is 0 Å². The fourth-order valence-electron chi connectivity index (χ4n) is 5.50. The van der Waals surface area contributed by atoms with Gasteiger partial charge in [-0.05, 0) is 29.3 Å². The molecule has 3 aliphatic rings. The Morgan fingerprint density at radius 2 is 1.45 bits per heavy atom. The van der Waals surface area contributed by atoms with Crippen LogP contribution in [0.1, 0.15) is 27.5 Å². The summed E-state index contributed by atoms with van der Waals surface area (Å²) in [7, 11) is 0. The largest absolute Gasteiger partial charge is 0.358 e. The molecule has 0 spiro atoms. The number of fused-ring (bicyclic) bond motifs is 5. The van der Waals surface area contributed by atoms with Gasteiger partial charge in [-0.1, -0.05) is 66.7 Å². The van der Waals surface area contributed by atoms with Gasteiger partial charge in [0, 0.05) is 11.8 Å². The van der Waals surface area contributed by atoms with Crippen LogP contribution in [0, 0.1) is 17.7 Å². The Bertz CT molecular complexity index is 1340. The molecule has 0 aliphatic carbocycles. The highest BCUT2D eigenvalue weighted by Crippen LogP contribution is 2.53. The molecular weight excluding hydrogens is 419 g/mol. The van der Waals surface area contributed by atoms with E-state index in [0.29, 0.717) is 5.56 Å². The normalized spacial score (nSPS) is 25.1. The first-order valence-corrected chi connectivity index (χ1v) is 10.8. The number of ketones is 1. The molecule has 0 aromatic heterocycles. The number of amides is 2. The minimum atomic E-state index is -0.911. The number of rotatable bonds is 3. The van der Waals surface area contributed by atoms with E-state index >= 15 is 0 Å². The first-order valence-electron chi connectivity index (χ1n) is 10.8. The monoisotopic (exact) mass is 438 g/mol. The molecule has 2 amide bonds. The molecule has 6 rings (SSSR count). The number of para-hydroxylation sites is 1. The maximum atomic E-state index is 14.6. The maximum Gasteiger partial charge on any atom is 0.240 e. The van der Waals surface area contributed by atoms with Gasteiger partial charge in [0.1, 0.15) is 11.9 Å². The zero-order chi connectivity index (χ0) is 22.7. The third-order valence-corrected chi connectivity index (χ3v) is 6.88. The van der Waals surface area contributed by atoms with Crippen LogP contribution in [0.25, 0.3) is 6.08 Å². The lowest BCUT2D eigenvalue weighted by atomic mass is 9.83. The summed E-state index contributed by atoms with van der Waals surface area (Å²) >= 11 is 0. The third-order valence-electron chi connectivity index (χ3n) is 6.88. The molecule has 3 heterocycles. The first-order chi connectivity index (χ1) is 16.1. The minimum Gasteiger partial charge on any atom is -0.358 e. The Labute approximate surface area is 189 Å². The van der Waals surface area contributed by atoms with Crippen molar-refractivity contribution in [2.45, 2.75) is 12.1 Å². The molecule has 3 aromatic carbocycles. The van der Waals surface area contributed by atoms with Crippen molar-refractivity contribution >= 4 is 29.4 Å². The topological polar surface area (TPSA) is 57.7 Å². The van der Waals surface area contributed by atoms with Crippen molar-refractivity contribution in [1.29, 1.82) is 0 Å². The number of hydrogen-bond donors (Lipinski definition) is 0. The van der Waals surface area contributed by atoms with Crippen molar-refractivity contribution in [2.75, 3.05) is 4.90 Å². The maximum absolute atomic E-state index is 14.6. The predicted octanol–water partition coefficient (Wildman–Crippen LogP) is 4.22. The van der Waals surface area contributed by atoms with Gasteiger partial charge in [0.25, 0.3) is 0 Å². The van der Waals surface area contributed by atoms with Gasteiger partial charge < -0.3 is 4.90 Å². The smallest absolute Gasteiger partial charge is 0.240 e. The molecule has 33 heavy (non-hydrogen) atoms. The molecule has 4 atom stereocenters. The van der Waals surface area contributed by atoms with Gasteiger partial charge in [-0.2, -0.15) is 0 Å². The number of anilines is 1. The van der Waals surface area contributed by atoms with Crippen molar-refractivity contribution in [3.05, 3.63) is 108 Å². The summed E-state index contributed by atoms with van der Waals surface area (Å²) in [6.45, 7) is 0. The molecule has 2 fully saturated rings. The van der Waals surface area contributed by atoms with E-state index < -0.39 is 41.6 Å². The van der Waals surface area contributed by atoms with E-state index in [2.05, 4.69) is 0 Å². The van der Waals surface area contributed by atoms with Crippen LogP contribution >= 0.6 is 0 Å². The summed E-state index contributed by atoms with van der Waals surface area (Å²) < 4.78 is 14.6. The fourth-order valence-corrected chi connectivity index (χ4v) is 5.50. The summed E-state index contributed by atoms with van der Waals surface area (Å²) in [6.07, 6.45) is 3.71. The zero-order valence-corrected chi connectivity index (χ0v) is 17.5. The van der Waals surface area contributed by atoms with Gasteiger partial charge in [0.15, 0.2) is 5.78 Å². The number of Topliss-reactive ketones (excluding diaryl/α,β-unsaturated/α-hetero) is 1. The lowest BCUT2D eigenvalue weighted by Crippen LogP contribution is -2.44. The Hall–Kier alpha value is -4.06. The minimum absolute atomic E-state index is 0.0704. The van der Waals surface area contributed by atoms with Crippen LogP contribution < -0.4 is 4.90 Å². The van der Waals surface area contributed by atoms with E-state index in [4.69, 9.17) is 0 Å². The van der Waals surface area contributed by atoms with Gasteiger partial charge in [0.2, 0.25) is 11.8 Å². The average molecular weight is 438 g/mol. The molecule has 6 heteroatoms.